The van der Waals surface area contributed by atoms with Crippen molar-refractivity contribution >= 4 is 16.7 Å². The maximum atomic E-state index is 5.99. The second-order valence-corrected chi connectivity index (χ2v) is 4.86. The summed E-state index contributed by atoms with van der Waals surface area (Å²) in [6.07, 6.45) is 5.57. The molecule has 1 aliphatic rings. The number of anilines is 1. The summed E-state index contributed by atoms with van der Waals surface area (Å²) >= 11 is 1.45. The van der Waals surface area contributed by atoms with Crippen molar-refractivity contribution in [2.24, 2.45) is 5.73 Å². The zero-order chi connectivity index (χ0) is 10.7. The normalized spacial score (nSPS) is 25.7. The smallest absolute Gasteiger partial charge is 0.202 e. The maximum Gasteiger partial charge on any atom is 0.202 e. The molecule has 0 amide bonds. The summed E-state index contributed by atoms with van der Waals surface area (Å²) in [6.45, 7) is 2.14. The molecule has 0 bridgehead atoms. The van der Waals surface area contributed by atoms with Crippen molar-refractivity contribution in [3.05, 3.63) is 5.82 Å². The highest BCUT2D eigenvalue weighted by atomic mass is 32.1. The lowest BCUT2D eigenvalue weighted by Crippen LogP contribution is -2.35. The number of nitrogens with zero attached hydrogens (tertiary/aromatic N) is 2. The third kappa shape index (κ3) is 2.66. The summed E-state index contributed by atoms with van der Waals surface area (Å²) in [4.78, 5) is 4.44. The van der Waals surface area contributed by atoms with Gasteiger partial charge in [-0.2, -0.15) is 4.37 Å². The Morgan fingerprint density at radius 2 is 2.40 bits per heavy atom. The average molecular weight is 226 g/mol. The highest BCUT2D eigenvalue weighted by Crippen LogP contribution is 2.22. The average Bonchev–Trinajstić information content (AvgIpc) is 2.79. The Balaban J connectivity index is 1.92. The highest BCUT2D eigenvalue weighted by molar-refractivity contribution is 7.09. The predicted octanol–water partition coefficient (Wildman–Crippen LogP) is 1.78. The molecular formula is C10H18N4S. The highest BCUT2D eigenvalue weighted by Gasteiger charge is 2.24. The Morgan fingerprint density at radius 1 is 1.53 bits per heavy atom. The Bertz CT molecular complexity index is 312. The van der Waals surface area contributed by atoms with Crippen molar-refractivity contribution in [3.8, 4) is 0 Å². The predicted molar refractivity (Wildman–Crippen MR) is 63.1 cm³/mol. The largest absolute Gasteiger partial charge is 0.356 e. The van der Waals surface area contributed by atoms with Gasteiger partial charge in [0.25, 0.3) is 0 Å². The van der Waals surface area contributed by atoms with Crippen LogP contribution in [0.3, 0.4) is 0 Å². The quantitative estimate of drug-likeness (QED) is 0.821. The van der Waals surface area contributed by atoms with Crippen LogP contribution < -0.4 is 11.1 Å². The second kappa shape index (κ2) is 4.90. The minimum absolute atomic E-state index is 0.281. The molecule has 0 aliphatic heterocycles. The first kappa shape index (κ1) is 10.8. The van der Waals surface area contributed by atoms with Crippen LogP contribution in [0.2, 0.25) is 0 Å². The lowest BCUT2D eigenvalue weighted by molar-refractivity contribution is 0.637. The topological polar surface area (TPSA) is 63.8 Å². The van der Waals surface area contributed by atoms with E-state index in [-0.39, 0.29) is 6.04 Å². The summed E-state index contributed by atoms with van der Waals surface area (Å²) in [7, 11) is 0. The van der Waals surface area contributed by atoms with Crippen LogP contribution in [0.5, 0.6) is 0 Å². The van der Waals surface area contributed by atoms with E-state index in [0.29, 0.717) is 6.04 Å². The number of nitrogens with two attached hydrogens (primary N) is 1. The van der Waals surface area contributed by atoms with Gasteiger partial charge in [0.1, 0.15) is 5.82 Å². The Morgan fingerprint density at radius 3 is 3.07 bits per heavy atom. The van der Waals surface area contributed by atoms with E-state index in [1.807, 2.05) is 0 Å². The molecule has 15 heavy (non-hydrogen) atoms. The van der Waals surface area contributed by atoms with Crippen molar-refractivity contribution in [1.82, 2.24) is 9.36 Å². The summed E-state index contributed by atoms with van der Waals surface area (Å²) in [6, 6.07) is 0.677. The van der Waals surface area contributed by atoms with E-state index >= 15 is 0 Å². The van der Waals surface area contributed by atoms with Crippen molar-refractivity contribution in [3.63, 3.8) is 0 Å². The first-order valence-corrected chi connectivity index (χ1v) is 6.41. The molecule has 1 aromatic heterocycles. The van der Waals surface area contributed by atoms with Gasteiger partial charge in [0.2, 0.25) is 5.13 Å². The Labute approximate surface area is 94.5 Å². The van der Waals surface area contributed by atoms with Crippen molar-refractivity contribution < 1.29 is 0 Å². The van der Waals surface area contributed by atoms with Crippen LogP contribution in [-0.2, 0) is 6.42 Å². The molecule has 4 nitrogen and oxygen atoms in total. The molecule has 84 valence electrons. The molecule has 0 spiro atoms. The maximum absolute atomic E-state index is 5.99. The van der Waals surface area contributed by atoms with Gasteiger partial charge in [-0.05, 0) is 25.7 Å². The molecule has 0 radical (unpaired) electrons. The lowest BCUT2D eigenvalue weighted by Gasteiger charge is -2.15. The Hall–Kier alpha value is -0.680. The van der Waals surface area contributed by atoms with E-state index in [9.17, 15) is 0 Å². The van der Waals surface area contributed by atoms with Gasteiger partial charge in [-0.1, -0.05) is 6.92 Å². The minimum atomic E-state index is 0.281. The van der Waals surface area contributed by atoms with Crippen LogP contribution in [0.1, 0.15) is 38.4 Å². The van der Waals surface area contributed by atoms with E-state index in [1.165, 1.54) is 18.0 Å². The first-order chi connectivity index (χ1) is 7.29. The minimum Gasteiger partial charge on any atom is -0.356 e. The fraction of sp³-hybridized carbons (Fsp3) is 0.800. The van der Waals surface area contributed by atoms with Gasteiger partial charge in [0.05, 0.1) is 0 Å². The van der Waals surface area contributed by atoms with Crippen LogP contribution >= 0.6 is 11.5 Å². The third-order valence-corrected chi connectivity index (χ3v) is 3.50. The zero-order valence-corrected chi connectivity index (χ0v) is 9.89. The fourth-order valence-electron chi connectivity index (χ4n) is 1.96. The summed E-state index contributed by atoms with van der Waals surface area (Å²) in [5.74, 6) is 0.955. The molecule has 1 fully saturated rings. The van der Waals surface area contributed by atoms with Crippen molar-refractivity contribution in [2.75, 3.05) is 5.32 Å². The van der Waals surface area contributed by atoms with Crippen LogP contribution in [0.25, 0.3) is 0 Å². The number of aryl methyl sites for hydroxylation is 1. The molecule has 1 aromatic rings. The number of nitrogens with one attached hydrogen (secondary N) is 1. The second-order valence-electron chi connectivity index (χ2n) is 4.11. The van der Waals surface area contributed by atoms with E-state index < -0.39 is 0 Å². The molecular weight excluding hydrogens is 208 g/mol. The van der Waals surface area contributed by atoms with E-state index in [4.69, 9.17) is 5.73 Å². The van der Waals surface area contributed by atoms with Crippen LogP contribution in [0, 0.1) is 0 Å². The molecule has 3 N–H and O–H groups in total. The van der Waals surface area contributed by atoms with Crippen molar-refractivity contribution in [1.29, 1.82) is 0 Å². The molecule has 2 rings (SSSR count). The molecule has 1 saturated carbocycles. The van der Waals surface area contributed by atoms with Gasteiger partial charge in [0, 0.05) is 30.0 Å². The third-order valence-electron chi connectivity index (χ3n) is 2.82. The summed E-state index contributed by atoms with van der Waals surface area (Å²) < 4.78 is 4.30. The standard InChI is InChI=1S/C10H18N4S/c1-2-4-9-13-10(15-14-9)12-8-6-3-5-7(8)11/h7-8H,2-6,11H2,1H3,(H,12,13,14). The molecule has 2 unspecified atom stereocenters. The fourth-order valence-corrected chi connectivity index (χ4v) is 2.64. The van der Waals surface area contributed by atoms with E-state index in [2.05, 4.69) is 21.6 Å². The first-order valence-electron chi connectivity index (χ1n) is 5.64. The number of rotatable bonds is 4. The molecule has 1 heterocycles. The SMILES string of the molecule is CCCc1nsc(NC2CCCC2N)n1. The van der Waals surface area contributed by atoms with Gasteiger partial charge < -0.3 is 11.1 Å². The zero-order valence-electron chi connectivity index (χ0n) is 9.07. The van der Waals surface area contributed by atoms with Gasteiger partial charge >= 0.3 is 0 Å². The van der Waals surface area contributed by atoms with Crippen LogP contribution in [-0.4, -0.2) is 21.4 Å². The van der Waals surface area contributed by atoms with Crippen LogP contribution in [0.15, 0.2) is 0 Å². The Kier molecular flexibility index (Phi) is 3.53. The monoisotopic (exact) mass is 226 g/mol. The van der Waals surface area contributed by atoms with Crippen LogP contribution in [0.4, 0.5) is 5.13 Å². The molecule has 0 saturated heterocycles. The van der Waals surface area contributed by atoms with E-state index in [0.717, 1.165) is 36.6 Å². The molecule has 2 atom stereocenters. The number of hydrogen-bond donors (Lipinski definition) is 2. The van der Waals surface area contributed by atoms with Gasteiger partial charge in [-0.15, -0.1) is 0 Å². The summed E-state index contributed by atoms with van der Waals surface area (Å²) in [5, 5.41) is 4.32. The number of aromatic nitrogens is 2. The van der Waals surface area contributed by atoms with Crippen molar-refractivity contribution in [2.45, 2.75) is 51.1 Å². The van der Waals surface area contributed by atoms with E-state index in [1.54, 1.807) is 0 Å². The molecule has 0 aromatic carbocycles. The van der Waals surface area contributed by atoms with Gasteiger partial charge in [0.15, 0.2) is 0 Å². The lowest BCUT2D eigenvalue weighted by atomic mass is 10.2. The summed E-state index contributed by atoms with van der Waals surface area (Å²) in [5.41, 5.74) is 5.99. The molecule has 5 heteroatoms. The van der Waals surface area contributed by atoms with Gasteiger partial charge in [-0.25, -0.2) is 4.98 Å². The van der Waals surface area contributed by atoms with Gasteiger partial charge in [-0.3, -0.25) is 0 Å². The number of hydrogen-bond acceptors (Lipinski definition) is 5. The molecule has 1 aliphatic carbocycles.